The summed E-state index contributed by atoms with van der Waals surface area (Å²) < 4.78 is 11.4. The van der Waals surface area contributed by atoms with Gasteiger partial charge in [0.15, 0.2) is 5.75 Å². The van der Waals surface area contributed by atoms with Gasteiger partial charge in [-0.3, -0.25) is 0 Å². The van der Waals surface area contributed by atoms with Crippen LogP contribution in [0.15, 0.2) is 18.3 Å². The molecule has 0 aliphatic carbocycles. The third-order valence-electron chi connectivity index (χ3n) is 4.57. The number of ether oxygens (including phenoxy) is 2. The summed E-state index contributed by atoms with van der Waals surface area (Å²) in [6.07, 6.45) is 4.08. The zero-order valence-corrected chi connectivity index (χ0v) is 16.5. The summed E-state index contributed by atoms with van der Waals surface area (Å²) in [5, 5.41) is 6.22. The third-order valence-corrected chi connectivity index (χ3v) is 4.57. The highest BCUT2D eigenvalue weighted by molar-refractivity contribution is 5.58. The van der Waals surface area contributed by atoms with Crippen LogP contribution in [-0.2, 0) is 0 Å². The second kappa shape index (κ2) is 8.85. The molecule has 0 amide bonds. The smallest absolute Gasteiger partial charge is 0.256 e. The van der Waals surface area contributed by atoms with Crippen LogP contribution in [0.2, 0.25) is 0 Å². The van der Waals surface area contributed by atoms with Crippen LogP contribution in [0.5, 0.6) is 11.6 Å². The molecule has 2 N–H and O–H groups in total. The Balaban J connectivity index is 1.72. The number of piperidine rings is 1. The maximum absolute atomic E-state index is 6.06. The summed E-state index contributed by atoms with van der Waals surface area (Å²) in [5.41, 5.74) is 1.62. The molecule has 8 heteroatoms. The zero-order chi connectivity index (χ0) is 19.2. The Morgan fingerprint density at radius 2 is 2.15 bits per heavy atom. The predicted octanol–water partition coefficient (Wildman–Crippen LogP) is 2.69. The molecular weight excluding hydrogens is 344 g/mol. The maximum Gasteiger partial charge on any atom is 0.256 e. The summed E-state index contributed by atoms with van der Waals surface area (Å²) in [6, 6.07) is 3.76. The van der Waals surface area contributed by atoms with E-state index in [-0.39, 0.29) is 0 Å². The lowest BCUT2D eigenvalue weighted by molar-refractivity contribution is 0.147. The van der Waals surface area contributed by atoms with Gasteiger partial charge in [-0.1, -0.05) is 0 Å². The SMILES string of the molecule is CNc1cc(C)nc(Nc2cnc(OC)c(OC[C@H]3CCCN(C)C3)c2)n1. The van der Waals surface area contributed by atoms with Gasteiger partial charge in [-0.2, -0.15) is 4.98 Å². The van der Waals surface area contributed by atoms with Crippen LogP contribution in [0.25, 0.3) is 0 Å². The summed E-state index contributed by atoms with van der Waals surface area (Å²) in [4.78, 5) is 15.5. The van der Waals surface area contributed by atoms with E-state index in [0.29, 0.717) is 30.1 Å². The lowest BCUT2D eigenvalue weighted by atomic mass is 10.00. The number of nitrogens with zero attached hydrogens (tertiary/aromatic N) is 4. The summed E-state index contributed by atoms with van der Waals surface area (Å²) >= 11 is 0. The molecule has 27 heavy (non-hydrogen) atoms. The average molecular weight is 372 g/mol. The van der Waals surface area contributed by atoms with Crippen molar-refractivity contribution in [2.24, 2.45) is 5.92 Å². The molecular formula is C19H28N6O2. The van der Waals surface area contributed by atoms with Gasteiger partial charge in [0.25, 0.3) is 5.88 Å². The highest BCUT2D eigenvalue weighted by Crippen LogP contribution is 2.29. The molecule has 1 aliphatic rings. The largest absolute Gasteiger partial charge is 0.488 e. The number of nitrogens with one attached hydrogen (secondary N) is 2. The first kappa shape index (κ1) is 19.2. The highest BCUT2D eigenvalue weighted by Gasteiger charge is 2.19. The van der Waals surface area contributed by atoms with Gasteiger partial charge in [0.05, 0.1) is 25.6 Å². The van der Waals surface area contributed by atoms with Gasteiger partial charge >= 0.3 is 0 Å². The van der Waals surface area contributed by atoms with E-state index in [4.69, 9.17) is 9.47 Å². The first-order valence-corrected chi connectivity index (χ1v) is 9.23. The van der Waals surface area contributed by atoms with Gasteiger partial charge in [0, 0.05) is 37.3 Å². The van der Waals surface area contributed by atoms with Gasteiger partial charge in [0.1, 0.15) is 5.82 Å². The molecule has 1 aliphatic heterocycles. The number of methoxy groups -OCH3 is 1. The molecule has 3 heterocycles. The van der Waals surface area contributed by atoms with E-state index in [0.717, 1.165) is 30.3 Å². The first-order chi connectivity index (χ1) is 13.1. The van der Waals surface area contributed by atoms with E-state index in [1.54, 1.807) is 13.3 Å². The lowest BCUT2D eigenvalue weighted by Gasteiger charge is -2.29. The molecule has 1 atom stereocenters. The number of rotatable bonds is 7. The van der Waals surface area contributed by atoms with E-state index in [1.165, 1.54) is 12.8 Å². The number of hydrogen-bond acceptors (Lipinski definition) is 8. The minimum Gasteiger partial charge on any atom is -0.488 e. The Morgan fingerprint density at radius 1 is 1.30 bits per heavy atom. The monoisotopic (exact) mass is 372 g/mol. The molecule has 0 spiro atoms. The molecule has 146 valence electrons. The molecule has 0 radical (unpaired) electrons. The number of anilines is 3. The quantitative estimate of drug-likeness (QED) is 0.767. The van der Waals surface area contributed by atoms with Gasteiger partial charge < -0.3 is 25.0 Å². The normalized spacial score (nSPS) is 17.4. The molecule has 3 rings (SSSR count). The Bertz CT molecular complexity index is 770. The van der Waals surface area contributed by atoms with E-state index in [9.17, 15) is 0 Å². The Hall–Kier alpha value is -2.61. The molecule has 2 aromatic rings. The second-order valence-electron chi connectivity index (χ2n) is 6.91. The Morgan fingerprint density at radius 3 is 2.89 bits per heavy atom. The van der Waals surface area contributed by atoms with Gasteiger partial charge in [-0.25, -0.2) is 9.97 Å². The third kappa shape index (κ3) is 5.19. The molecule has 8 nitrogen and oxygen atoms in total. The van der Waals surface area contributed by atoms with Crippen LogP contribution in [0, 0.1) is 12.8 Å². The summed E-state index contributed by atoms with van der Waals surface area (Å²) in [6.45, 7) is 4.79. The van der Waals surface area contributed by atoms with E-state index in [1.807, 2.05) is 26.1 Å². The van der Waals surface area contributed by atoms with Crippen LogP contribution < -0.4 is 20.1 Å². The minimum absolute atomic E-state index is 0.478. The lowest BCUT2D eigenvalue weighted by Crippen LogP contribution is -2.34. The number of likely N-dealkylation sites (tertiary alicyclic amines) is 1. The zero-order valence-electron chi connectivity index (χ0n) is 16.5. The molecule has 1 saturated heterocycles. The molecule has 0 unspecified atom stereocenters. The van der Waals surface area contributed by atoms with E-state index >= 15 is 0 Å². The first-order valence-electron chi connectivity index (χ1n) is 9.23. The van der Waals surface area contributed by atoms with Gasteiger partial charge in [-0.05, 0) is 33.4 Å². The van der Waals surface area contributed by atoms with Crippen molar-refractivity contribution in [3.05, 3.63) is 24.0 Å². The highest BCUT2D eigenvalue weighted by atomic mass is 16.5. The molecule has 0 bridgehead atoms. The van der Waals surface area contributed by atoms with Gasteiger partial charge in [0.2, 0.25) is 5.95 Å². The topological polar surface area (TPSA) is 84.4 Å². The number of aryl methyl sites for hydroxylation is 1. The van der Waals surface area contributed by atoms with Crippen molar-refractivity contribution >= 4 is 17.5 Å². The number of aromatic nitrogens is 3. The van der Waals surface area contributed by atoms with Crippen molar-refractivity contribution in [1.29, 1.82) is 0 Å². The second-order valence-corrected chi connectivity index (χ2v) is 6.91. The summed E-state index contributed by atoms with van der Waals surface area (Å²) in [5.74, 6) is 2.88. The molecule has 0 saturated carbocycles. The number of hydrogen-bond donors (Lipinski definition) is 2. The van der Waals surface area contributed by atoms with Crippen LogP contribution in [0.4, 0.5) is 17.5 Å². The Labute approximate surface area is 160 Å². The fourth-order valence-corrected chi connectivity index (χ4v) is 3.26. The van der Waals surface area contributed by atoms with Gasteiger partial charge in [-0.15, -0.1) is 0 Å². The standard InChI is InChI=1S/C19H28N6O2/c1-13-8-17(20-2)24-19(22-13)23-15-9-16(18(26-4)21-10-15)27-12-14-6-5-7-25(3)11-14/h8-10,14H,5-7,11-12H2,1-4H3,(H2,20,22,23,24)/t14-/m0/s1. The molecule has 1 fully saturated rings. The van der Waals surface area contributed by atoms with Crippen molar-refractivity contribution < 1.29 is 9.47 Å². The predicted molar refractivity (Wildman–Crippen MR) is 106 cm³/mol. The van der Waals surface area contributed by atoms with Crippen LogP contribution >= 0.6 is 0 Å². The maximum atomic E-state index is 6.06. The average Bonchev–Trinajstić information content (AvgIpc) is 2.66. The van der Waals surface area contributed by atoms with Crippen LogP contribution in [0.3, 0.4) is 0 Å². The minimum atomic E-state index is 0.478. The van der Waals surface area contributed by atoms with Crippen molar-refractivity contribution in [3.63, 3.8) is 0 Å². The van der Waals surface area contributed by atoms with Crippen LogP contribution in [0.1, 0.15) is 18.5 Å². The van der Waals surface area contributed by atoms with Crippen molar-refractivity contribution in [3.8, 4) is 11.6 Å². The molecule has 0 aromatic carbocycles. The van der Waals surface area contributed by atoms with Crippen LogP contribution in [-0.4, -0.2) is 60.8 Å². The van der Waals surface area contributed by atoms with E-state index in [2.05, 4.69) is 37.5 Å². The van der Waals surface area contributed by atoms with E-state index < -0.39 is 0 Å². The van der Waals surface area contributed by atoms with Crippen molar-refractivity contribution in [2.75, 3.05) is 51.5 Å². The fraction of sp³-hybridized carbons (Fsp3) is 0.526. The van der Waals surface area contributed by atoms with Crippen molar-refractivity contribution in [1.82, 2.24) is 19.9 Å². The summed E-state index contributed by atoms with van der Waals surface area (Å²) in [7, 11) is 5.58. The number of pyridine rings is 1. The molecule has 2 aromatic heterocycles. The Kier molecular flexibility index (Phi) is 6.28. The fourth-order valence-electron chi connectivity index (χ4n) is 3.26. The van der Waals surface area contributed by atoms with Crippen molar-refractivity contribution in [2.45, 2.75) is 19.8 Å².